The lowest BCUT2D eigenvalue weighted by atomic mass is 10.1. The van der Waals surface area contributed by atoms with Gasteiger partial charge < -0.3 is 9.74 Å². The summed E-state index contributed by atoms with van der Waals surface area (Å²) in [5.41, 5.74) is 3.18. The van der Waals surface area contributed by atoms with Gasteiger partial charge >= 0.3 is 5.97 Å². The maximum atomic E-state index is 12.6. The van der Waals surface area contributed by atoms with Gasteiger partial charge in [-0.1, -0.05) is 29.3 Å². The first kappa shape index (κ1) is 18.4. The Labute approximate surface area is 167 Å². The third-order valence-corrected chi connectivity index (χ3v) is 4.62. The second-order valence-electron chi connectivity index (χ2n) is 6.73. The highest BCUT2D eigenvalue weighted by Crippen LogP contribution is 2.25. The van der Waals surface area contributed by atoms with Gasteiger partial charge in [0.15, 0.2) is 0 Å². The Morgan fingerprint density at radius 2 is 1.52 bits per heavy atom. The number of carbonyl (C=O) groups excluding carboxylic acids is 3. The lowest BCUT2D eigenvalue weighted by molar-refractivity contribution is -0.0584. The standard InChI is InChI=1S/C22H17N3O4/c1-24(2)17-9-7-14(8-10-17)15-11-16(13-23-12-15)22(28)29-25-20(26)18-5-3-4-6-19(18)21(25)27/h3-13H,1-2H3. The van der Waals surface area contributed by atoms with Gasteiger partial charge in [0.25, 0.3) is 11.8 Å². The summed E-state index contributed by atoms with van der Waals surface area (Å²) in [6.07, 6.45) is 2.96. The molecule has 0 saturated carbocycles. The summed E-state index contributed by atoms with van der Waals surface area (Å²) in [6, 6.07) is 15.7. The number of pyridine rings is 1. The summed E-state index contributed by atoms with van der Waals surface area (Å²) in [5, 5.41) is 0.492. The molecule has 29 heavy (non-hydrogen) atoms. The minimum Gasteiger partial charge on any atom is -0.378 e. The van der Waals surface area contributed by atoms with Crippen molar-refractivity contribution in [1.82, 2.24) is 10.0 Å². The molecule has 2 amide bonds. The number of hydrogen-bond acceptors (Lipinski definition) is 6. The predicted molar refractivity (Wildman–Crippen MR) is 106 cm³/mol. The van der Waals surface area contributed by atoms with E-state index < -0.39 is 17.8 Å². The maximum Gasteiger partial charge on any atom is 0.365 e. The molecule has 1 aliphatic rings. The summed E-state index contributed by atoms with van der Waals surface area (Å²) in [5.74, 6) is -2.16. The minimum absolute atomic E-state index is 0.135. The molecule has 3 aromatic rings. The smallest absolute Gasteiger partial charge is 0.365 e. The quantitative estimate of drug-likeness (QED) is 0.640. The van der Waals surface area contributed by atoms with Crippen LogP contribution in [-0.4, -0.2) is 41.9 Å². The van der Waals surface area contributed by atoms with Gasteiger partial charge in [-0.05, 0) is 35.9 Å². The average molecular weight is 387 g/mol. The van der Waals surface area contributed by atoms with Crippen LogP contribution in [0.25, 0.3) is 11.1 Å². The average Bonchev–Trinajstić information content (AvgIpc) is 2.99. The summed E-state index contributed by atoms with van der Waals surface area (Å²) in [7, 11) is 3.90. The molecular weight excluding hydrogens is 370 g/mol. The van der Waals surface area contributed by atoms with E-state index in [1.54, 1.807) is 24.4 Å². The van der Waals surface area contributed by atoms with E-state index in [9.17, 15) is 14.4 Å². The minimum atomic E-state index is -0.834. The van der Waals surface area contributed by atoms with Gasteiger partial charge in [-0.25, -0.2) is 4.79 Å². The van der Waals surface area contributed by atoms with Crippen LogP contribution in [0.3, 0.4) is 0 Å². The molecule has 0 atom stereocenters. The number of imide groups is 1. The molecule has 7 nitrogen and oxygen atoms in total. The Bertz CT molecular complexity index is 1090. The second-order valence-corrected chi connectivity index (χ2v) is 6.73. The van der Waals surface area contributed by atoms with Gasteiger partial charge in [0.1, 0.15) is 0 Å². The third kappa shape index (κ3) is 3.34. The number of benzene rings is 2. The number of fused-ring (bicyclic) bond motifs is 1. The number of amides is 2. The molecule has 1 aromatic heterocycles. The summed E-state index contributed by atoms with van der Waals surface area (Å²) in [6.45, 7) is 0. The Morgan fingerprint density at radius 3 is 2.10 bits per heavy atom. The highest BCUT2D eigenvalue weighted by Gasteiger charge is 2.38. The van der Waals surface area contributed by atoms with E-state index in [2.05, 4.69) is 4.98 Å². The topological polar surface area (TPSA) is 79.8 Å². The summed E-state index contributed by atoms with van der Waals surface area (Å²) in [4.78, 5) is 48.4. The van der Waals surface area contributed by atoms with Crippen LogP contribution < -0.4 is 4.90 Å². The van der Waals surface area contributed by atoms with Crippen LogP contribution in [0.15, 0.2) is 67.0 Å². The van der Waals surface area contributed by atoms with Crippen LogP contribution in [0.2, 0.25) is 0 Å². The largest absolute Gasteiger partial charge is 0.378 e. The molecule has 0 radical (unpaired) electrons. The van der Waals surface area contributed by atoms with Crippen LogP contribution in [-0.2, 0) is 4.84 Å². The van der Waals surface area contributed by atoms with Crippen molar-refractivity contribution in [2.24, 2.45) is 0 Å². The summed E-state index contributed by atoms with van der Waals surface area (Å²) < 4.78 is 0. The van der Waals surface area contributed by atoms with Crippen LogP contribution in [0.4, 0.5) is 5.69 Å². The van der Waals surface area contributed by atoms with Crippen molar-refractivity contribution < 1.29 is 19.2 Å². The zero-order valence-electron chi connectivity index (χ0n) is 15.8. The monoisotopic (exact) mass is 387 g/mol. The fraction of sp³-hybridized carbons (Fsp3) is 0.0909. The van der Waals surface area contributed by atoms with Crippen molar-refractivity contribution in [3.8, 4) is 11.1 Å². The van der Waals surface area contributed by atoms with Gasteiger partial charge in [0.05, 0.1) is 16.7 Å². The Morgan fingerprint density at radius 1 is 0.897 bits per heavy atom. The lowest BCUT2D eigenvalue weighted by Gasteiger charge is -2.14. The first-order chi connectivity index (χ1) is 14.0. The molecule has 0 fully saturated rings. The van der Waals surface area contributed by atoms with E-state index in [0.717, 1.165) is 11.3 Å². The molecule has 7 heteroatoms. The number of hydroxylamine groups is 2. The summed E-state index contributed by atoms with van der Waals surface area (Å²) >= 11 is 0. The third-order valence-electron chi connectivity index (χ3n) is 4.62. The van der Waals surface area contributed by atoms with E-state index in [-0.39, 0.29) is 16.7 Å². The van der Waals surface area contributed by atoms with Crippen LogP contribution in [0.1, 0.15) is 31.1 Å². The van der Waals surface area contributed by atoms with E-state index in [1.165, 1.54) is 18.3 Å². The van der Waals surface area contributed by atoms with Gasteiger partial charge in [-0.2, -0.15) is 0 Å². The van der Waals surface area contributed by atoms with E-state index in [4.69, 9.17) is 4.84 Å². The van der Waals surface area contributed by atoms with E-state index >= 15 is 0 Å². The molecule has 144 valence electrons. The molecule has 0 N–H and O–H groups in total. The zero-order chi connectivity index (χ0) is 20.5. The van der Waals surface area contributed by atoms with Gasteiger partial charge in [-0.15, -0.1) is 0 Å². The Kier molecular flexibility index (Phi) is 4.56. The first-order valence-corrected chi connectivity index (χ1v) is 8.88. The SMILES string of the molecule is CN(C)c1ccc(-c2cncc(C(=O)ON3C(=O)c4ccccc4C3=O)c2)cc1. The number of aromatic nitrogens is 1. The highest BCUT2D eigenvalue weighted by molar-refractivity contribution is 6.21. The fourth-order valence-electron chi connectivity index (χ4n) is 3.05. The molecule has 0 bridgehead atoms. The molecule has 0 aliphatic carbocycles. The van der Waals surface area contributed by atoms with Crippen molar-refractivity contribution in [2.75, 3.05) is 19.0 Å². The molecule has 1 aliphatic heterocycles. The van der Waals surface area contributed by atoms with Gasteiger partial charge in [0, 0.05) is 37.7 Å². The van der Waals surface area contributed by atoms with Gasteiger partial charge in [0.2, 0.25) is 0 Å². The molecule has 2 heterocycles. The molecule has 0 unspecified atom stereocenters. The molecule has 2 aromatic carbocycles. The van der Waals surface area contributed by atoms with Crippen molar-refractivity contribution in [3.05, 3.63) is 83.7 Å². The van der Waals surface area contributed by atoms with Crippen molar-refractivity contribution in [1.29, 1.82) is 0 Å². The van der Waals surface area contributed by atoms with Crippen molar-refractivity contribution in [2.45, 2.75) is 0 Å². The number of carbonyl (C=O) groups is 3. The molecular formula is C22H17N3O4. The number of hydrogen-bond donors (Lipinski definition) is 0. The maximum absolute atomic E-state index is 12.6. The van der Waals surface area contributed by atoms with E-state index in [1.807, 2.05) is 43.3 Å². The highest BCUT2D eigenvalue weighted by atomic mass is 16.7. The van der Waals surface area contributed by atoms with Crippen LogP contribution in [0.5, 0.6) is 0 Å². The predicted octanol–water partition coefficient (Wildman–Crippen LogP) is 3.18. The second kappa shape index (κ2) is 7.20. The Hall–Kier alpha value is -4.00. The number of nitrogens with zero attached hydrogens (tertiary/aromatic N) is 3. The Balaban J connectivity index is 1.55. The van der Waals surface area contributed by atoms with Gasteiger partial charge in [-0.3, -0.25) is 14.6 Å². The molecule has 0 spiro atoms. The van der Waals surface area contributed by atoms with Crippen molar-refractivity contribution >= 4 is 23.5 Å². The van der Waals surface area contributed by atoms with E-state index in [0.29, 0.717) is 10.6 Å². The van der Waals surface area contributed by atoms with Crippen LogP contribution >= 0.6 is 0 Å². The first-order valence-electron chi connectivity index (χ1n) is 8.88. The normalized spacial score (nSPS) is 12.7. The van der Waals surface area contributed by atoms with Crippen molar-refractivity contribution in [3.63, 3.8) is 0 Å². The molecule has 0 saturated heterocycles. The van der Waals surface area contributed by atoms with Crippen LogP contribution in [0, 0.1) is 0 Å². The fourth-order valence-corrected chi connectivity index (χ4v) is 3.05. The lowest BCUT2D eigenvalue weighted by Crippen LogP contribution is -2.32. The number of rotatable bonds is 4. The number of anilines is 1. The zero-order valence-corrected chi connectivity index (χ0v) is 15.8. The molecule has 4 rings (SSSR count).